The van der Waals surface area contributed by atoms with E-state index in [1.54, 1.807) is 0 Å². The summed E-state index contributed by atoms with van der Waals surface area (Å²) in [6, 6.07) is 8.70. The first-order valence-electron chi connectivity index (χ1n) is 7.81. The monoisotopic (exact) mass is 304 g/mol. The molecule has 2 heterocycles. The van der Waals surface area contributed by atoms with Crippen LogP contribution in [-0.4, -0.2) is 30.0 Å². The topological polar surface area (TPSA) is 32.3 Å². The Morgan fingerprint density at radius 1 is 1.33 bits per heavy atom. The van der Waals surface area contributed by atoms with E-state index in [9.17, 15) is 4.79 Å². The van der Waals surface area contributed by atoms with Crippen molar-refractivity contribution in [2.75, 3.05) is 28.3 Å². The molecule has 1 atom stereocenters. The average molecular weight is 304 g/mol. The van der Waals surface area contributed by atoms with Gasteiger partial charge >= 0.3 is 0 Å². The predicted octanol–water partition coefficient (Wildman–Crippen LogP) is 3.76. The van der Waals surface area contributed by atoms with Gasteiger partial charge in [-0.1, -0.05) is 26.0 Å². The van der Waals surface area contributed by atoms with Gasteiger partial charge in [-0.05, 0) is 36.1 Å². The molecular formula is C17H24N2OS. The molecule has 0 aromatic heterocycles. The summed E-state index contributed by atoms with van der Waals surface area (Å²) in [6.07, 6.45) is 2.89. The van der Waals surface area contributed by atoms with Gasteiger partial charge in [0.15, 0.2) is 0 Å². The number of amides is 1. The van der Waals surface area contributed by atoms with Crippen molar-refractivity contribution in [3.05, 3.63) is 24.3 Å². The third-order valence-electron chi connectivity index (χ3n) is 4.72. The van der Waals surface area contributed by atoms with E-state index >= 15 is 0 Å². The lowest BCUT2D eigenvalue weighted by Crippen LogP contribution is -2.42. The summed E-state index contributed by atoms with van der Waals surface area (Å²) in [5.41, 5.74) is 2.45. The van der Waals surface area contributed by atoms with Gasteiger partial charge < -0.3 is 10.2 Å². The van der Waals surface area contributed by atoms with Gasteiger partial charge in [0.2, 0.25) is 5.91 Å². The Balaban J connectivity index is 1.84. The van der Waals surface area contributed by atoms with Gasteiger partial charge in [0.25, 0.3) is 0 Å². The number of benzene rings is 1. The molecule has 1 N–H and O–H groups in total. The van der Waals surface area contributed by atoms with Gasteiger partial charge in [0, 0.05) is 24.8 Å². The zero-order valence-corrected chi connectivity index (χ0v) is 13.7. The van der Waals surface area contributed by atoms with Gasteiger partial charge in [-0.15, -0.1) is 0 Å². The second kappa shape index (κ2) is 5.91. The lowest BCUT2D eigenvalue weighted by molar-refractivity contribution is -0.117. The second-order valence-electron chi connectivity index (χ2n) is 6.68. The molecule has 2 fully saturated rings. The van der Waals surface area contributed by atoms with E-state index < -0.39 is 0 Å². The lowest BCUT2D eigenvalue weighted by atomic mass is 9.82. The molecule has 21 heavy (non-hydrogen) atoms. The number of para-hydroxylation sites is 2. The van der Waals surface area contributed by atoms with Crippen LogP contribution in [0.4, 0.5) is 11.4 Å². The molecule has 3 nitrogen and oxygen atoms in total. The van der Waals surface area contributed by atoms with Crippen LogP contribution in [0.15, 0.2) is 24.3 Å². The van der Waals surface area contributed by atoms with Crippen LogP contribution < -0.4 is 10.2 Å². The Kier molecular flexibility index (Phi) is 4.16. The third-order valence-corrected chi connectivity index (χ3v) is 5.78. The molecule has 0 saturated carbocycles. The summed E-state index contributed by atoms with van der Waals surface area (Å²) in [7, 11) is 0. The van der Waals surface area contributed by atoms with E-state index in [0.29, 0.717) is 17.9 Å². The summed E-state index contributed by atoms with van der Waals surface area (Å²) < 4.78 is 0. The fraction of sp³-hybridized carbons (Fsp3) is 0.588. The van der Waals surface area contributed by atoms with Gasteiger partial charge in [-0.3, -0.25) is 4.79 Å². The number of hydrogen-bond acceptors (Lipinski definition) is 3. The molecule has 1 amide bonds. The zero-order valence-electron chi connectivity index (χ0n) is 12.9. The van der Waals surface area contributed by atoms with Crippen molar-refractivity contribution in [1.29, 1.82) is 0 Å². The number of anilines is 2. The number of nitrogens with zero attached hydrogens (tertiary/aromatic N) is 1. The number of nitrogens with one attached hydrogen (secondary N) is 1. The normalized spacial score (nSPS) is 25.1. The molecule has 2 saturated heterocycles. The molecule has 0 radical (unpaired) electrons. The largest absolute Gasteiger partial charge is 0.379 e. The van der Waals surface area contributed by atoms with Crippen molar-refractivity contribution >= 4 is 29.0 Å². The molecule has 1 aromatic carbocycles. The van der Waals surface area contributed by atoms with Crippen molar-refractivity contribution in [2.24, 2.45) is 5.41 Å². The van der Waals surface area contributed by atoms with Crippen LogP contribution in [0, 0.1) is 5.41 Å². The summed E-state index contributed by atoms with van der Waals surface area (Å²) in [4.78, 5) is 14.0. The molecule has 3 rings (SSSR count). The number of rotatable bonds is 3. The highest BCUT2D eigenvalue weighted by Crippen LogP contribution is 2.38. The first-order chi connectivity index (χ1) is 10.1. The fourth-order valence-corrected chi connectivity index (χ4v) is 4.70. The number of carbonyl (C=O) groups is 1. The fourth-order valence-electron chi connectivity index (χ4n) is 3.09. The van der Waals surface area contributed by atoms with Gasteiger partial charge in [-0.2, -0.15) is 11.8 Å². The van der Waals surface area contributed by atoms with E-state index in [1.807, 2.05) is 22.7 Å². The van der Waals surface area contributed by atoms with Crippen molar-refractivity contribution in [2.45, 2.75) is 39.2 Å². The summed E-state index contributed by atoms with van der Waals surface area (Å²) in [5, 5.41) is 3.72. The van der Waals surface area contributed by atoms with Crippen LogP contribution in [-0.2, 0) is 4.79 Å². The third kappa shape index (κ3) is 3.05. The minimum Gasteiger partial charge on any atom is -0.379 e. The van der Waals surface area contributed by atoms with Crippen molar-refractivity contribution < 1.29 is 4.79 Å². The lowest BCUT2D eigenvalue weighted by Gasteiger charge is -2.40. The molecule has 0 bridgehead atoms. The van der Waals surface area contributed by atoms with Crippen LogP contribution in [0.5, 0.6) is 0 Å². The minimum absolute atomic E-state index is 0.251. The van der Waals surface area contributed by atoms with Crippen LogP contribution in [0.2, 0.25) is 0 Å². The smallest absolute Gasteiger partial charge is 0.227 e. The predicted molar refractivity (Wildman–Crippen MR) is 91.2 cm³/mol. The molecule has 0 aliphatic carbocycles. The van der Waals surface area contributed by atoms with Crippen molar-refractivity contribution in [3.8, 4) is 0 Å². The van der Waals surface area contributed by atoms with Crippen LogP contribution in [0.25, 0.3) is 0 Å². The van der Waals surface area contributed by atoms with Crippen LogP contribution >= 0.6 is 11.8 Å². The van der Waals surface area contributed by atoms with E-state index in [0.717, 1.165) is 30.1 Å². The highest BCUT2D eigenvalue weighted by atomic mass is 32.2. The maximum Gasteiger partial charge on any atom is 0.227 e. The summed E-state index contributed by atoms with van der Waals surface area (Å²) >= 11 is 2.02. The molecule has 114 valence electrons. The van der Waals surface area contributed by atoms with E-state index in [2.05, 4.69) is 37.4 Å². The van der Waals surface area contributed by atoms with Crippen molar-refractivity contribution in [1.82, 2.24) is 0 Å². The van der Waals surface area contributed by atoms with E-state index in [-0.39, 0.29) is 5.91 Å². The maximum atomic E-state index is 12.0. The Labute approximate surface area is 131 Å². The van der Waals surface area contributed by atoms with Crippen LogP contribution in [0.3, 0.4) is 0 Å². The zero-order chi connectivity index (χ0) is 14.9. The molecule has 0 spiro atoms. The Hall–Kier alpha value is -1.16. The van der Waals surface area contributed by atoms with Crippen LogP contribution in [0.1, 0.15) is 33.1 Å². The SMILES string of the molecule is CC1(C)CCSCC1Nc1ccccc1N1CCCC1=O. The minimum atomic E-state index is 0.251. The standard InChI is InChI=1S/C17H24N2OS/c1-17(2)9-11-21-12-15(17)18-13-6-3-4-7-14(13)19-10-5-8-16(19)20/h3-4,6-7,15,18H,5,8-12H2,1-2H3. The summed E-state index contributed by atoms with van der Waals surface area (Å²) in [5.74, 6) is 2.63. The quantitative estimate of drug-likeness (QED) is 0.923. The Morgan fingerprint density at radius 2 is 2.14 bits per heavy atom. The molecule has 1 unspecified atom stereocenters. The Morgan fingerprint density at radius 3 is 2.86 bits per heavy atom. The Bertz CT molecular complexity index is 529. The van der Waals surface area contributed by atoms with Crippen molar-refractivity contribution in [3.63, 3.8) is 0 Å². The average Bonchev–Trinajstić information content (AvgIpc) is 2.88. The first kappa shape index (κ1) is 14.8. The second-order valence-corrected chi connectivity index (χ2v) is 7.83. The number of carbonyl (C=O) groups excluding carboxylic acids is 1. The highest BCUT2D eigenvalue weighted by Gasteiger charge is 2.33. The highest BCUT2D eigenvalue weighted by molar-refractivity contribution is 7.99. The summed E-state index contributed by atoms with van der Waals surface area (Å²) in [6.45, 7) is 5.53. The van der Waals surface area contributed by atoms with E-state index in [1.165, 1.54) is 12.2 Å². The molecular weight excluding hydrogens is 280 g/mol. The van der Waals surface area contributed by atoms with E-state index in [4.69, 9.17) is 0 Å². The molecule has 1 aromatic rings. The van der Waals surface area contributed by atoms with Gasteiger partial charge in [-0.25, -0.2) is 0 Å². The number of thioether (sulfide) groups is 1. The van der Waals surface area contributed by atoms with Gasteiger partial charge in [0.1, 0.15) is 0 Å². The molecule has 2 aliphatic rings. The van der Waals surface area contributed by atoms with Gasteiger partial charge in [0.05, 0.1) is 11.4 Å². The molecule has 4 heteroatoms. The maximum absolute atomic E-state index is 12.0. The first-order valence-corrected chi connectivity index (χ1v) is 8.97. The number of hydrogen-bond donors (Lipinski definition) is 1. The molecule has 2 aliphatic heterocycles.